The molecule has 0 spiro atoms. The van der Waals surface area contributed by atoms with Crippen molar-refractivity contribution < 1.29 is 4.42 Å². The predicted molar refractivity (Wildman–Crippen MR) is 115 cm³/mol. The molecule has 1 aromatic carbocycles. The van der Waals surface area contributed by atoms with E-state index >= 15 is 0 Å². The Morgan fingerprint density at radius 2 is 2.20 bits per heavy atom. The fraction of sp³-hybridized carbons (Fsp3) is 0.526. The van der Waals surface area contributed by atoms with Crippen LogP contribution in [0.2, 0.25) is 0 Å². The van der Waals surface area contributed by atoms with Gasteiger partial charge in [0, 0.05) is 25.5 Å². The number of benzene rings is 1. The van der Waals surface area contributed by atoms with Crippen LogP contribution >= 0.6 is 24.0 Å². The molecule has 6 heteroatoms. The summed E-state index contributed by atoms with van der Waals surface area (Å²) in [5.41, 5.74) is 0.925. The molecule has 2 atom stereocenters. The van der Waals surface area contributed by atoms with E-state index in [4.69, 9.17) is 4.42 Å². The molecule has 1 saturated heterocycles. The molecule has 0 radical (unpaired) electrons. The monoisotopic (exact) mass is 456 g/mol. The highest BCUT2D eigenvalue weighted by Gasteiger charge is 2.18. The second-order valence-electron chi connectivity index (χ2n) is 6.78. The van der Waals surface area contributed by atoms with E-state index in [1.165, 1.54) is 19.4 Å². The molecular weight excluding hydrogens is 427 g/mol. The van der Waals surface area contributed by atoms with Crippen molar-refractivity contribution >= 4 is 40.9 Å². The van der Waals surface area contributed by atoms with Crippen LogP contribution in [0.15, 0.2) is 39.7 Å². The van der Waals surface area contributed by atoms with E-state index in [0.29, 0.717) is 5.92 Å². The van der Waals surface area contributed by atoms with E-state index < -0.39 is 0 Å². The molecule has 0 saturated carbocycles. The minimum Gasteiger partial charge on any atom is -0.459 e. The lowest BCUT2D eigenvalue weighted by Crippen LogP contribution is -2.44. The predicted octanol–water partition coefficient (Wildman–Crippen LogP) is 3.62. The third kappa shape index (κ3) is 5.34. The SMILES string of the molecule is CN=C(NCC1CCCN(C)C1)NC(C)c1cc2ccccc2o1.I. The lowest BCUT2D eigenvalue weighted by molar-refractivity contribution is 0.210. The van der Waals surface area contributed by atoms with Crippen LogP contribution in [0.3, 0.4) is 0 Å². The number of rotatable bonds is 4. The molecule has 25 heavy (non-hydrogen) atoms. The van der Waals surface area contributed by atoms with Crippen molar-refractivity contribution in [3.63, 3.8) is 0 Å². The van der Waals surface area contributed by atoms with Crippen molar-refractivity contribution in [2.45, 2.75) is 25.8 Å². The molecule has 2 aromatic rings. The smallest absolute Gasteiger partial charge is 0.191 e. The summed E-state index contributed by atoms with van der Waals surface area (Å²) in [5.74, 6) is 2.44. The summed E-state index contributed by atoms with van der Waals surface area (Å²) in [6.45, 7) is 5.42. The molecule has 0 amide bonds. The minimum atomic E-state index is 0. The number of para-hydroxylation sites is 1. The Balaban J connectivity index is 0.00000225. The summed E-state index contributed by atoms with van der Waals surface area (Å²) in [4.78, 5) is 6.76. The van der Waals surface area contributed by atoms with Crippen molar-refractivity contribution in [2.75, 3.05) is 33.7 Å². The number of likely N-dealkylation sites (tertiary alicyclic amines) is 1. The van der Waals surface area contributed by atoms with Crippen molar-refractivity contribution in [3.05, 3.63) is 36.1 Å². The fourth-order valence-electron chi connectivity index (χ4n) is 3.37. The third-order valence-electron chi connectivity index (χ3n) is 4.73. The maximum absolute atomic E-state index is 5.93. The van der Waals surface area contributed by atoms with E-state index in [-0.39, 0.29) is 30.0 Å². The Kier molecular flexibility index (Phi) is 7.56. The summed E-state index contributed by atoms with van der Waals surface area (Å²) in [6, 6.07) is 10.3. The first kappa shape index (κ1) is 20.0. The van der Waals surface area contributed by atoms with Crippen molar-refractivity contribution in [3.8, 4) is 0 Å². The first-order chi connectivity index (χ1) is 11.7. The van der Waals surface area contributed by atoms with Gasteiger partial charge in [0.05, 0.1) is 6.04 Å². The van der Waals surface area contributed by atoms with Gasteiger partial charge in [0.2, 0.25) is 0 Å². The number of guanidine groups is 1. The van der Waals surface area contributed by atoms with Crippen LogP contribution < -0.4 is 10.6 Å². The zero-order chi connectivity index (χ0) is 16.9. The lowest BCUT2D eigenvalue weighted by atomic mass is 9.99. The van der Waals surface area contributed by atoms with E-state index in [9.17, 15) is 0 Å². The van der Waals surface area contributed by atoms with Gasteiger partial charge in [-0.2, -0.15) is 0 Å². The van der Waals surface area contributed by atoms with Gasteiger partial charge in [-0.25, -0.2) is 0 Å². The number of fused-ring (bicyclic) bond motifs is 1. The molecule has 1 fully saturated rings. The van der Waals surface area contributed by atoms with Crippen LogP contribution in [0.25, 0.3) is 11.0 Å². The molecule has 2 heterocycles. The van der Waals surface area contributed by atoms with Crippen molar-refractivity contribution in [1.82, 2.24) is 15.5 Å². The van der Waals surface area contributed by atoms with Gasteiger partial charge in [0.1, 0.15) is 11.3 Å². The fourth-order valence-corrected chi connectivity index (χ4v) is 3.37. The first-order valence-electron chi connectivity index (χ1n) is 8.80. The third-order valence-corrected chi connectivity index (χ3v) is 4.73. The number of piperidine rings is 1. The maximum atomic E-state index is 5.93. The number of hydrogen-bond donors (Lipinski definition) is 2. The van der Waals surface area contributed by atoms with Crippen LogP contribution in [0, 0.1) is 5.92 Å². The Morgan fingerprint density at radius 3 is 2.92 bits per heavy atom. The quantitative estimate of drug-likeness (QED) is 0.419. The lowest BCUT2D eigenvalue weighted by Gasteiger charge is -2.30. The molecule has 0 bridgehead atoms. The molecule has 0 aliphatic carbocycles. The summed E-state index contributed by atoms with van der Waals surface area (Å²) in [7, 11) is 4.01. The number of nitrogens with one attached hydrogen (secondary N) is 2. The van der Waals surface area contributed by atoms with Gasteiger partial charge >= 0.3 is 0 Å². The van der Waals surface area contributed by atoms with Crippen molar-refractivity contribution in [1.29, 1.82) is 0 Å². The van der Waals surface area contributed by atoms with Gasteiger partial charge in [-0.1, -0.05) is 18.2 Å². The molecule has 1 aliphatic heterocycles. The van der Waals surface area contributed by atoms with Crippen LogP contribution in [-0.4, -0.2) is 44.6 Å². The van der Waals surface area contributed by atoms with Gasteiger partial charge in [0.15, 0.2) is 5.96 Å². The van der Waals surface area contributed by atoms with E-state index in [2.05, 4.69) is 46.6 Å². The van der Waals surface area contributed by atoms with Gasteiger partial charge in [-0.15, -0.1) is 24.0 Å². The van der Waals surface area contributed by atoms with Crippen molar-refractivity contribution in [2.24, 2.45) is 10.9 Å². The highest BCUT2D eigenvalue weighted by molar-refractivity contribution is 14.0. The average molecular weight is 456 g/mol. The van der Waals surface area contributed by atoms with Crippen LogP contribution in [0.5, 0.6) is 0 Å². The van der Waals surface area contributed by atoms with Gasteiger partial charge in [-0.05, 0) is 51.4 Å². The number of hydrogen-bond acceptors (Lipinski definition) is 3. The molecule has 2 unspecified atom stereocenters. The Hall–Kier alpha value is -1.28. The second kappa shape index (κ2) is 9.43. The highest BCUT2D eigenvalue weighted by atomic mass is 127. The molecule has 138 valence electrons. The zero-order valence-electron chi connectivity index (χ0n) is 15.3. The Bertz CT molecular complexity index is 667. The molecule has 3 rings (SSSR count). The summed E-state index contributed by atoms with van der Waals surface area (Å²) < 4.78 is 5.93. The maximum Gasteiger partial charge on any atom is 0.191 e. The van der Waals surface area contributed by atoms with Gasteiger partial charge < -0.3 is 20.0 Å². The molecule has 5 nitrogen and oxygen atoms in total. The molecule has 2 N–H and O–H groups in total. The topological polar surface area (TPSA) is 52.8 Å². The second-order valence-corrected chi connectivity index (χ2v) is 6.78. The number of aliphatic imine (C=N–C) groups is 1. The number of nitrogens with zero attached hydrogens (tertiary/aromatic N) is 2. The van der Waals surface area contributed by atoms with Gasteiger partial charge in [-0.3, -0.25) is 4.99 Å². The van der Waals surface area contributed by atoms with E-state index in [1.807, 2.05) is 25.2 Å². The van der Waals surface area contributed by atoms with E-state index in [1.54, 1.807) is 0 Å². The zero-order valence-corrected chi connectivity index (χ0v) is 17.6. The standard InChI is InChI=1S/C19H28N4O.HI/c1-14(18-11-16-8-4-5-9-17(16)24-18)22-19(20-2)21-12-15-7-6-10-23(3)13-15;/h4-5,8-9,11,14-15H,6-7,10,12-13H2,1-3H3,(H2,20,21,22);1H. The average Bonchev–Trinajstić information content (AvgIpc) is 3.03. The van der Waals surface area contributed by atoms with Crippen LogP contribution in [-0.2, 0) is 0 Å². The van der Waals surface area contributed by atoms with Crippen LogP contribution in [0.1, 0.15) is 31.6 Å². The summed E-state index contributed by atoms with van der Waals surface area (Å²) >= 11 is 0. The van der Waals surface area contributed by atoms with Gasteiger partial charge in [0.25, 0.3) is 0 Å². The Morgan fingerprint density at radius 1 is 1.40 bits per heavy atom. The number of furan rings is 1. The minimum absolute atomic E-state index is 0. The van der Waals surface area contributed by atoms with E-state index in [0.717, 1.165) is 35.8 Å². The Labute approximate surface area is 167 Å². The molecular formula is C19H29IN4O. The summed E-state index contributed by atoms with van der Waals surface area (Å²) in [5, 5.41) is 8.02. The first-order valence-corrected chi connectivity index (χ1v) is 8.80. The van der Waals surface area contributed by atoms with Crippen LogP contribution in [0.4, 0.5) is 0 Å². The normalized spacial score (nSPS) is 20.1. The largest absolute Gasteiger partial charge is 0.459 e. The highest BCUT2D eigenvalue weighted by Crippen LogP contribution is 2.23. The molecule has 1 aliphatic rings. The molecule has 1 aromatic heterocycles. The number of halogens is 1. The summed E-state index contributed by atoms with van der Waals surface area (Å²) in [6.07, 6.45) is 2.57.